The molecule has 5 heteroatoms. The summed E-state index contributed by atoms with van der Waals surface area (Å²) in [7, 11) is 0. The molecule has 1 aromatic rings. The molecule has 0 spiro atoms. The van der Waals surface area contributed by atoms with Crippen LogP contribution >= 0.6 is 11.6 Å². The lowest BCUT2D eigenvalue weighted by Crippen LogP contribution is -2.23. The first-order chi connectivity index (χ1) is 7.69. The molecule has 1 unspecified atom stereocenters. The highest BCUT2D eigenvalue weighted by atomic mass is 35.5. The van der Waals surface area contributed by atoms with Crippen molar-refractivity contribution in [1.82, 2.24) is 9.97 Å². The first kappa shape index (κ1) is 13.2. The molecule has 0 aliphatic rings. The molecule has 90 valence electrons. The second-order valence-corrected chi connectivity index (χ2v) is 4.03. The monoisotopic (exact) mass is 243 g/mol. The van der Waals surface area contributed by atoms with E-state index in [4.69, 9.17) is 16.7 Å². The summed E-state index contributed by atoms with van der Waals surface area (Å²) in [6, 6.07) is 1.90. The highest BCUT2D eigenvalue weighted by molar-refractivity contribution is 6.28. The molecule has 0 amide bonds. The molecule has 0 aliphatic carbocycles. The number of aliphatic hydroxyl groups excluding tert-OH is 1. The van der Waals surface area contributed by atoms with Crippen LogP contribution in [0.5, 0.6) is 0 Å². The number of nitrogens with one attached hydrogen (secondary N) is 1. The molecule has 4 nitrogen and oxygen atoms in total. The highest BCUT2D eigenvalue weighted by Crippen LogP contribution is 2.13. The number of aliphatic hydroxyl groups is 1. The Kier molecular flexibility index (Phi) is 5.49. The topological polar surface area (TPSA) is 58.0 Å². The molecule has 0 aromatic carbocycles. The molecule has 0 bridgehead atoms. The summed E-state index contributed by atoms with van der Waals surface area (Å²) in [6.07, 6.45) is 2.73. The van der Waals surface area contributed by atoms with E-state index in [1.165, 1.54) is 0 Å². The molecule has 0 aliphatic heterocycles. The van der Waals surface area contributed by atoms with Crippen molar-refractivity contribution in [2.24, 2.45) is 0 Å². The lowest BCUT2D eigenvalue weighted by molar-refractivity contribution is 0.271. The van der Waals surface area contributed by atoms with E-state index >= 15 is 0 Å². The molecule has 1 aromatic heterocycles. The number of hydrogen-bond donors (Lipinski definition) is 2. The van der Waals surface area contributed by atoms with Gasteiger partial charge in [0.15, 0.2) is 0 Å². The number of anilines is 1. The Balaban J connectivity index is 2.78. The van der Waals surface area contributed by atoms with Crippen LogP contribution in [0.2, 0.25) is 5.28 Å². The van der Waals surface area contributed by atoms with Crippen LogP contribution in [0, 0.1) is 0 Å². The summed E-state index contributed by atoms with van der Waals surface area (Å²) in [5.41, 5.74) is 0.929. The predicted molar refractivity (Wildman–Crippen MR) is 65.8 cm³/mol. The van der Waals surface area contributed by atoms with Gasteiger partial charge in [0.05, 0.1) is 12.6 Å². The van der Waals surface area contributed by atoms with Gasteiger partial charge >= 0.3 is 0 Å². The fourth-order valence-electron chi connectivity index (χ4n) is 1.41. The number of rotatable bonds is 6. The smallest absolute Gasteiger partial charge is 0.224 e. The minimum Gasteiger partial charge on any atom is -0.394 e. The van der Waals surface area contributed by atoms with Gasteiger partial charge in [-0.25, -0.2) is 9.97 Å². The van der Waals surface area contributed by atoms with Gasteiger partial charge in [-0.1, -0.05) is 20.3 Å². The molecule has 0 saturated heterocycles. The minimum absolute atomic E-state index is 0.0143. The quantitative estimate of drug-likeness (QED) is 0.753. The van der Waals surface area contributed by atoms with Crippen molar-refractivity contribution in [3.8, 4) is 0 Å². The van der Waals surface area contributed by atoms with Gasteiger partial charge in [0.25, 0.3) is 0 Å². The third-order valence-corrected chi connectivity index (χ3v) is 2.49. The largest absolute Gasteiger partial charge is 0.394 e. The molecule has 0 radical (unpaired) electrons. The van der Waals surface area contributed by atoms with Crippen molar-refractivity contribution in [2.45, 2.75) is 39.2 Å². The summed E-state index contributed by atoms with van der Waals surface area (Å²) < 4.78 is 0. The zero-order valence-electron chi connectivity index (χ0n) is 9.70. The molecular weight excluding hydrogens is 226 g/mol. The van der Waals surface area contributed by atoms with Crippen molar-refractivity contribution in [1.29, 1.82) is 0 Å². The zero-order chi connectivity index (χ0) is 12.0. The molecule has 16 heavy (non-hydrogen) atoms. The number of aryl methyl sites for hydroxylation is 1. The number of aromatic nitrogens is 2. The average Bonchev–Trinajstić information content (AvgIpc) is 2.25. The summed E-state index contributed by atoms with van der Waals surface area (Å²) in [4.78, 5) is 8.22. The summed E-state index contributed by atoms with van der Waals surface area (Å²) in [5, 5.41) is 12.5. The van der Waals surface area contributed by atoms with E-state index in [-0.39, 0.29) is 17.9 Å². The van der Waals surface area contributed by atoms with Crippen molar-refractivity contribution in [3.05, 3.63) is 17.0 Å². The van der Waals surface area contributed by atoms with Gasteiger partial charge in [0.2, 0.25) is 5.28 Å². The predicted octanol–water partition coefficient (Wildman–Crippen LogP) is 2.27. The van der Waals surface area contributed by atoms with E-state index in [0.29, 0.717) is 5.82 Å². The van der Waals surface area contributed by atoms with Crippen LogP contribution < -0.4 is 5.32 Å². The maximum absolute atomic E-state index is 9.09. The minimum atomic E-state index is 0.0143. The SMILES string of the molecule is CCCc1cc(NC(CC)CO)nc(Cl)n1. The van der Waals surface area contributed by atoms with Crippen LogP contribution in [0.25, 0.3) is 0 Å². The fourth-order valence-corrected chi connectivity index (χ4v) is 1.61. The van der Waals surface area contributed by atoms with Crippen molar-refractivity contribution in [3.63, 3.8) is 0 Å². The fraction of sp³-hybridized carbons (Fsp3) is 0.636. The van der Waals surface area contributed by atoms with Crippen LogP contribution in [0.1, 0.15) is 32.4 Å². The Morgan fingerprint density at radius 1 is 1.44 bits per heavy atom. The summed E-state index contributed by atoms with van der Waals surface area (Å²) in [6.45, 7) is 4.18. The molecule has 1 heterocycles. The van der Waals surface area contributed by atoms with E-state index in [1.807, 2.05) is 13.0 Å². The zero-order valence-corrected chi connectivity index (χ0v) is 10.5. The van der Waals surface area contributed by atoms with E-state index in [9.17, 15) is 0 Å². The highest BCUT2D eigenvalue weighted by Gasteiger charge is 2.07. The number of nitrogens with zero attached hydrogens (tertiary/aromatic N) is 2. The van der Waals surface area contributed by atoms with Crippen LogP contribution in [-0.4, -0.2) is 27.7 Å². The maximum Gasteiger partial charge on any atom is 0.224 e. The van der Waals surface area contributed by atoms with Crippen molar-refractivity contribution in [2.75, 3.05) is 11.9 Å². The third kappa shape index (κ3) is 3.94. The van der Waals surface area contributed by atoms with Gasteiger partial charge in [-0.3, -0.25) is 0 Å². The van der Waals surface area contributed by atoms with Gasteiger partial charge < -0.3 is 10.4 Å². The second-order valence-electron chi connectivity index (χ2n) is 3.70. The molecule has 1 atom stereocenters. The standard InChI is InChI=1S/C11H18ClN3O/c1-3-5-9-6-10(15-11(12)14-9)13-8(4-2)7-16/h6,8,16H,3-5,7H2,1-2H3,(H,13,14,15). The summed E-state index contributed by atoms with van der Waals surface area (Å²) in [5.74, 6) is 0.685. The van der Waals surface area contributed by atoms with Gasteiger partial charge in [-0.05, 0) is 24.4 Å². The first-order valence-electron chi connectivity index (χ1n) is 5.60. The molecular formula is C11H18ClN3O. The molecule has 2 N–H and O–H groups in total. The first-order valence-corrected chi connectivity index (χ1v) is 5.98. The Morgan fingerprint density at radius 2 is 2.19 bits per heavy atom. The average molecular weight is 244 g/mol. The van der Waals surface area contributed by atoms with Crippen LogP contribution in [-0.2, 0) is 6.42 Å². The second kappa shape index (κ2) is 6.66. The van der Waals surface area contributed by atoms with E-state index in [2.05, 4.69) is 22.2 Å². The van der Waals surface area contributed by atoms with Gasteiger partial charge in [-0.2, -0.15) is 0 Å². The van der Waals surface area contributed by atoms with E-state index < -0.39 is 0 Å². The van der Waals surface area contributed by atoms with Crippen molar-refractivity contribution < 1.29 is 5.11 Å². The van der Waals surface area contributed by atoms with Crippen LogP contribution in [0.4, 0.5) is 5.82 Å². The lowest BCUT2D eigenvalue weighted by Gasteiger charge is -2.15. The van der Waals surface area contributed by atoms with E-state index in [0.717, 1.165) is 25.0 Å². The third-order valence-electron chi connectivity index (χ3n) is 2.32. The lowest BCUT2D eigenvalue weighted by atomic mass is 10.2. The van der Waals surface area contributed by atoms with Crippen LogP contribution in [0.15, 0.2) is 6.07 Å². The van der Waals surface area contributed by atoms with Gasteiger partial charge in [-0.15, -0.1) is 0 Å². The Morgan fingerprint density at radius 3 is 2.75 bits per heavy atom. The number of halogens is 1. The Labute approximate surface area is 101 Å². The Bertz CT molecular complexity index is 329. The summed E-state index contributed by atoms with van der Waals surface area (Å²) >= 11 is 5.83. The van der Waals surface area contributed by atoms with E-state index in [1.54, 1.807) is 0 Å². The number of hydrogen-bond acceptors (Lipinski definition) is 4. The normalized spacial score (nSPS) is 12.5. The van der Waals surface area contributed by atoms with Gasteiger partial charge in [0.1, 0.15) is 5.82 Å². The molecule has 1 rings (SSSR count). The molecule has 0 saturated carbocycles. The van der Waals surface area contributed by atoms with Crippen LogP contribution in [0.3, 0.4) is 0 Å². The molecule has 0 fully saturated rings. The van der Waals surface area contributed by atoms with Crippen molar-refractivity contribution >= 4 is 17.4 Å². The Hall–Kier alpha value is -0.870. The van der Waals surface area contributed by atoms with Gasteiger partial charge in [0, 0.05) is 11.8 Å². The maximum atomic E-state index is 9.09.